The van der Waals surface area contributed by atoms with Crippen LogP contribution in [0, 0.1) is 12.8 Å². The molecule has 4 heteroatoms. The summed E-state index contributed by atoms with van der Waals surface area (Å²) in [5, 5.41) is 9.51. The Morgan fingerprint density at radius 3 is 2.87 bits per heavy atom. The van der Waals surface area contributed by atoms with E-state index < -0.39 is 5.97 Å². The molecular formula is C11H16O3Y-2. The molecule has 83 valence electrons. The maximum atomic E-state index is 11.3. The first-order chi connectivity index (χ1) is 6.69. The molecule has 1 radical (unpaired) electrons. The number of allylic oxidation sites excluding steroid dienone is 1. The number of carbonyl (C=O) groups excluding carboxylic acids is 1. The zero-order chi connectivity index (χ0) is 10.6. The number of rotatable bonds is 3. The smallest absolute Gasteiger partial charge is 0.334 e. The van der Waals surface area contributed by atoms with Crippen molar-refractivity contribution >= 4 is 5.97 Å². The van der Waals surface area contributed by atoms with E-state index in [1.165, 1.54) is 13.0 Å². The van der Waals surface area contributed by atoms with Crippen LogP contribution in [0.4, 0.5) is 0 Å². The second-order valence-electron chi connectivity index (χ2n) is 3.45. The first-order valence-corrected chi connectivity index (χ1v) is 4.81. The van der Waals surface area contributed by atoms with Crippen LogP contribution in [-0.2, 0) is 42.2 Å². The summed E-state index contributed by atoms with van der Waals surface area (Å²) in [5.74, 6) is 1.05. The van der Waals surface area contributed by atoms with Crippen LogP contribution < -0.4 is 0 Å². The fourth-order valence-corrected chi connectivity index (χ4v) is 1.66. The van der Waals surface area contributed by atoms with E-state index in [-0.39, 0.29) is 38.5 Å². The molecule has 0 spiro atoms. The minimum atomic E-state index is -0.413. The van der Waals surface area contributed by atoms with E-state index in [2.05, 4.69) is 11.7 Å². The number of hydrogen-bond acceptors (Lipinski definition) is 3. The Balaban J connectivity index is 0.00000196. The molecule has 0 fully saturated rings. The monoisotopic (exact) mass is 285 g/mol. The van der Waals surface area contributed by atoms with Gasteiger partial charge in [-0.25, -0.2) is 17.6 Å². The van der Waals surface area contributed by atoms with Gasteiger partial charge in [0.05, 0.1) is 12.9 Å². The van der Waals surface area contributed by atoms with Crippen molar-refractivity contribution in [3.05, 3.63) is 24.2 Å². The van der Waals surface area contributed by atoms with Crippen LogP contribution in [0.2, 0.25) is 0 Å². The molecule has 1 aliphatic carbocycles. The Morgan fingerprint density at radius 2 is 2.33 bits per heavy atom. The summed E-state index contributed by atoms with van der Waals surface area (Å²) >= 11 is 0. The molecule has 15 heavy (non-hydrogen) atoms. The molecule has 0 saturated heterocycles. The first-order valence-electron chi connectivity index (χ1n) is 4.81. The van der Waals surface area contributed by atoms with Gasteiger partial charge in [0, 0.05) is 38.3 Å². The number of aliphatic hydroxyl groups is 1. The second-order valence-corrected chi connectivity index (χ2v) is 3.45. The van der Waals surface area contributed by atoms with E-state index in [0.29, 0.717) is 18.4 Å². The van der Waals surface area contributed by atoms with Crippen LogP contribution in [0.25, 0.3) is 0 Å². The number of aliphatic hydroxyl groups excluding tert-OH is 1. The SMILES string of the molecule is [CH2-]CC[C-]1CCC(O)=C(C(=O)OC)C1.[Y]. The molecule has 0 atom stereocenters. The Labute approximate surface area is 116 Å². The van der Waals surface area contributed by atoms with E-state index >= 15 is 0 Å². The van der Waals surface area contributed by atoms with E-state index in [1.807, 2.05) is 0 Å². The molecule has 0 heterocycles. The molecule has 3 nitrogen and oxygen atoms in total. The van der Waals surface area contributed by atoms with Gasteiger partial charge in [0.25, 0.3) is 0 Å². The Kier molecular flexibility index (Phi) is 7.45. The summed E-state index contributed by atoms with van der Waals surface area (Å²) in [4.78, 5) is 11.3. The Bertz CT molecular complexity index is 248. The van der Waals surface area contributed by atoms with E-state index in [0.717, 1.165) is 19.3 Å². The molecule has 0 aromatic heterocycles. The molecule has 1 aliphatic rings. The van der Waals surface area contributed by atoms with Crippen molar-refractivity contribution in [2.45, 2.75) is 32.1 Å². The van der Waals surface area contributed by atoms with Gasteiger partial charge in [0.1, 0.15) is 0 Å². The Morgan fingerprint density at radius 1 is 1.67 bits per heavy atom. The van der Waals surface area contributed by atoms with Crippen molar-refractivity contribution < 1.29 is 47.3 Å². The fourth-order valence-electron chi connectivity index (χ4n) is 1.66. The summed E-state index contributed by atoms with van der Waals surface area (Å²) in [6, 6.07) is 0. The number of carbonyl (C=O) groups is 1. The van der Waals surface area contributed by atoms with Crippen molar-refractivity contribution in [1.29, 1.82) is 0 Å². The number of hydrogen-bond donors (Lipinski definition) is 1. The van der Waals surface area contributed by atoms with Crippen LogP contribution in [0.3, 0.4) is 0 Å². The molecule has 0 aliphatic heterocycles. The van der Waals surface area contributed by atoms with Gasteiger partial charge in [-0.05, 0) is 6.42 Å². The largest absolute Gasteiger partial charge is 0.512 e. The molecule has 1 N–H and O–H groups in total. The van der Waals surface area contributed by atoms with Crippen LogP contribution in [-0.4, -0.2) is 18.2 Å². The number of esters is 1. The molecule has 0 aromatic carbocycles. The predicted molar refractivity (Wildman–Crippen MR) is 53.4 cm³/mol. The normalized spacial score (nSPS) is 17.2. The summed E-state index contributed by atoms with van der Waals surface area (Å²) < 4.78 is 4.60. The average molecular weight is 285 g/mol. The van der Waals surface area contributed by atoms with Crippen LogP contribution in [0.1, 0.15) is 32.1 Å². The van der Waals surface area contributed by atoms with Gasteiger partial charge in [0.2, 0.25) is 0 Å². The second kappa shape index (κ2) is 7.40. The first kappa shape index (κ1) is 15.1. The van der Waals surface area contributed by atoms with Crippen LogP contribution in [0.15, 0.2) is 11.3 Å². The summed E-state index contributed by atoms with van der Waals surface area (Å²) in [5.41, 5.74) is 0.419. The Hall–Kier alpha value is 0.114. The van der Waals surface area contributed by atoms with Crippen molar-refractivity contribution in [1.82, 2.24) is 0 Å². The van der Waals surface area contributed by atoms with Gasteiger partial charge in [-0.2, -0.15) is 6.42 Å². The van der Waals surface area contributed by atoms with Crippen molar-refractivity contribution in [2.75, 3.05) is 7.11 Å². The zero-order valence-corrected chi connectivity index (χ0v) is 11.9. The standard InChI is InChI=1S/C11H16O3.Y/c1-3-4-8-5-6-10(12)9(7-8)11(13)14-2;/h12H,1,3-7H2,2H3;/q-2;. The fraction of sp³-hybridized carbons (Fsp3) is 0.545. The third-order valence-electron chi connectivity index (χ3n) is 2.45. The summed E-state index contributed by atoms with van der Waals surface area (Å²) in [6.45, 7) is 3.77. The third-order valence-corrected chi connectivity index (χ3v) is 2.45. The van der Waals surface area contributed by atoms with Crippen LogP contribution >= 0.6 is 0 Å². The molecular weight excluding hydrogens is 269 g/mol. The maximum absolute atomic E-state index is 11.3. The van der Waals surface area contributed by atoms with E-state index in [9.17, 15) is 9.90 Å². The van der Waals surface area contributed by atoms with E-state index in [1.54, 1.807) is 0 Å². The quantitative estimate of drug-likeness (QED) is 0.639. The molecule has 0 saturated carbocycles. The van der Waals surface area contributed by atoms with Gasteiger partial charge >= 0.3 is 5.97 Å². The van der Waals surface area contributed by atoms with Crippen molar-refractivity contribution in [3.8, 4) is 0 Å². The van der Waals surface area contributed by atoms with Gasteiger partial charge < -0.3 is 22.7 Å². The molecule has 0 bridgehead atoms. The van der Waals surface area contributed by atoms with E-state index in [4.69, 9.17) is 0 Å². The minimum absolute atomic E-state index is 0. The summed E-state index contributed by atoms with van der Waals surface area (Å²) in [6.07, 6.45) is 3.73. The van der Waals surface area contributed by atoms with Crippen LogP contribution in [0.5, 0.6) is 0 Å². The van der Waals surface area contributed by atoms with Gasteiger partial charge in [-0.3, -0.25) is 0 Å². The molecule has 0 amide bonds. The minimum Gasteiger partial charge on any atom is -0.512 e. The third kappa shape index (κ3) is 4.24. The number of ether oxygens (including phenoxy) is 1. The van der Waals surface area contributed by atoms with Gasteiger partial charge in [-0.1, -0.05) is 0 Å². The molecule has 1 rings (SSSR count). The average Bonchev–Trinajstić information content (AvgIpc) is 2.20. The molecule has 0 aromatic rings. The zero-order valence-electron chi connectivity index (χ0n) is 9.08. The van der Waals surface area contributed by atoms with Crippen molar-refractivity contribution in [2.24, 2.45) is 0 Å². The molecule has 0 unspecified atom stereocenters. The van der Waals surface area contributed by atoms with Crippen molar-refractivity contribution in [3.63, 3.8) is 0 Å². The van der Waals surface area contributed by atoms with Gasteiger partial charge in [0.15, 0.2) is 0 Å². The number of methoxy groups -OCH3 is 1. The maximum Gasteiger partial charge on any atom is 0.334 e. The topological polar surface area (TPSA) is 46.5 Å². The predicted octanol–water partition coefficient (Wildman–Crippen LogP) is 2.34. The summed E-state index contributed by atoms with van der Waals surface area (Å²) in [7, 11) is 1.33. The van der Waals surface area contributed by atoms with Gasteiger partial charge in [-0.15, -0.1) is 6.42 Å².